The SMILES string of the molecule is CCn1cc(CN2CCC3(CC2)NC(=O)c2ccccc2O3)c(C)n1. The topological polar surface area (TPSA) is 59.4 Å². The van der Waals surface area contributed by atoms with Gasteiger partial charge >= 0.3 is 0 Å². The molecule has 1 amide bonds. The molecule has 1 spiro atoms. The van der Waals surface area contributed by atoms with Crippen LogP contribution in [0, 0.1) is 6.92 Å². The third-order valence-corrected chi connectivity index (χ3v) is 5.21. The van der Waals surface area contributed by atoms with Gasteiger partial charge in [-0.3, -0.25) is 14.4 Å². The molecule has 4 rings (SSSR count). The van der Waals surface area contributed by atoms with Crippen LogP contribution in [-0.2, 0) is 13.1 Å². The van der Waals surface area contributed by atoms with Crippen LogP contribution in [0.2, 0.25) is 0 Å². The average Bonchev–Trinajstić information content (AvgIpc) is 2.97. The quantitative estimate of drug-likeness (QED) is 0.932. The predicted octanol–water partition coefficient (Wildman–Crippen LogP) is 2.33. The number of nitrogens with zero attached hydrogens (tertiary/aromatic N) is 3. The third-order valence-electron chi connectivity index (χ3n) is 5.21. The first-order valence-corrected chi connectivity index (χ1v) is 8.94. The first-order chi connectivity index (χ1) is 12.1. The molecule has 0 radical (unpaired) electrons. The van der Waals surface area contributed by atoms with Crippen LogP contribution >= 0.6 is 0 Å². The van der Waals surface area contributed by atoms with E-state index >= 15 is 0 Å². The molecule has 132 valence electrons. The molecule has 0 saturated carbocycles. The number of hydrogen-bond donors (Lipinski definition) is 1. The summed E-state index contributed by atoms with van der Waals surface area (Å²) in [5.74, 6) is 0.662. The van der Waals surface area contributed by atoms with Crippen molar-refractivity contribution in [3.63, 3.8) is 0 Å². The van der Waals surface area contributed by atoms with E-state index in [1.54, 1.807) is 6.07 Å². The number of likely N-dealkylation sites (tertiary alicyclic amines) is 1. The lowest BCUT2D eigenvalue weighted by atomic mass is 9.96. The van der Waals surface area contributed by atoms with E-state index in [-0.39, 0.29) is 5.91 Å². The van der Waals surface area contributed by atoms with Gasteiger partial charge in [0.1, 0.15) is 5.75 Å². The number of aromatic nitrogens is 2. The van der Waals surface area contributed by atoms with Gasteiger partial charge in [0.2, 0.25) is 0 Å². The van der Waals surface area contributed by atoms with Crippen LogP contribution in [0.4, 0.5) is 0 Å². The van der Waals surface area contributed by atoms with Crippen molar-refractivity contribution >= 4 is 5.91 Å². The third kappa shape index (κ3) is 3.02. The van der Waals surface area contributed by atoms with E-state index in [9.17, 15) is 4.79 Å². The molecule has 6 heteroatoms. The number of rotatable bonds is 3. The Bertz CT molecular complexity index is 790. The minimum absolute atomic E-state index is 0.0321. The lowest BCUT2D eigenvalue weighted by Crippen LogP contribution is -2.60. The maximum atomic E-state index is 12.4. The molecule has 0 aliphatic carbocycles. The molecule has 2 aliphatic heterocycles. The summed E-state index contributed by atoms with van der Waals surface area (Å²) in [7, 11) is 0. The second-order valence-corrected chi connectivity index (χ2v) is 6.92. The van der Waals surface area contributed by atoms with Gasteiger partial charge in [-0.25, -0.2) is 0 Å². The molecule has 1 N–H and O–H groups in total. The standard InChI is InChI=1S/C19H24N4O2/c1-3-23-13-15(14(2)21-23)12-22-10-8-19(9-11-22)20-18(24)16-6-4-5-7-17(16)25-19/h4-7,13H,3,8-12H2,1-2H3,(H,20,24). The van der Waals surface area contributed by atoms with Crippen LogP contribution in [0.5, 0.6) is 5.75 Å². The van der Waals surface area contributed by atoms with Crippen molar-refractivity contribution in [3.8, 4) is 5.75 Å². The predicted molar refractivity (Wildman–Crippen MR) is 94.4 cm³/mol. The van der Waals surface area contributed by atoms with Crippen molar-refractivity contribution in [2.45, 2.75) is 45.5 Å². The minimum atomic E-state index is -0.565. The fraction of sp³-hybridized carbons (Fsp3) is 0.474. The Morgan fingerprint density at radius 1 is 1.28 bits per heavy atom. The van der Waals surface area contributed by atoms with Gasteiger partial charge in [0.25, 0.3) is 5.91 Å². The highest BCUT2D eigenvalue weighted by Crippen LogP contribution is 2.33. The van der Waals surface area contributed by atoms with E-state index in [4.69, 9.17) is 4.74 Å². The average molecular weight is 340 g/mol. The van der Waals surface area contributed by atoms with Crippen LogP contribution in [0.15, 0.2) is 30.5 Å². The van der Waals surface area contributed by atoms with Crippen molar-refractivity contribution in [2.75, 3.05) is 13.1 Å². The molecule has 1 aromatic carbocycles. The Morgan fingerprint density at radius 3 is 2.76 bits per heavy atom. The van der Waals surface area contributed by atoms with Gasteiger partial charge < -0.3 is 10.1 Å². The molecule has 3 heterocycles. The summed E-state index contributed by atoms with van der Waals surface area (Å²) >= 11 is 0. The van der Waals surface area contributed by atoms with Crippen molar-refractivity contribution in [2.24, 2.45) is 0 Å². The summed E-state index contributed by atoms with van der Waals surface area (Å²) in [5.41, 5.74) is 2.43. The number of piperidine rings is 1. The first-order valence-electron chi connectivity index (χ1n) is 8.94. The fourth-order valence-corrected chi connectivity index (χ4v) is 3.67. The molecular weight excluding hydrogens is 316 g/mol. The van der Waals surface area contributed by atoms with Crippen molar-refractivity contribution in [1.29, 1.82) is 0 Å². The highest BCUT2D eigenvalue weighted by molar-refractivity contribution is 5.98. The maximum Gasteiger partial charge on any atom is 0.258 e. The Kier molecular flexibility index (Phi) is 4.00. The summed E-state index contributed by atoms with van der Waals surface area (Å²) in [6.45, 7) is 7.73. The summed E-state index contributed by atoms with van der Waals surface area (Å²) < 4.78 is 8.18. The second kappa shape index (κ2) is 6.19. The number of fused-ring (bicyclic) bond motifs is 1. The maximum absolute atomic E-state index is 12.4. The number of carbonyl (C=O) groups excluding carboxylic acids is 1. The van der Waals surface area contributed by atoms with Crippen molar-refractivity contribution in [1.82, 2.24) is 20.0 Å². The molecule has 2 aliphatic rings. The van der Waals surface area contributed by atoms with Gasteiger partial charge in [-0.05, 0) is 26.0 Å². The highest BCUT2D eigenvalue weighted by Gasteiger charge is 2.42. The number of hydrogen-bond acceptors (Lipinski definition) is 4. The van der Waals surface area contributed by atoms with E-state index in [0.717, 1.165) is 44.7 Å². The van der Waals surface area contributed by atoms with E-state index in [0.29, 0.717) is 11.3 Å². The zero-order chi connectivity index (χ0) is 17.4. The molecular formula is C19H24N4O2. The zero-order valence-corrected chi connectivity index (χ0v) is 14.8. The fourth-order valence-electron chi connectivity index (χ4n) is 3.67. The smallest absolute Gasteiger partial charge is 0.258 e. The molecule has 0 unspecified atom stereocenters. The number of para-hydroxylation sites is 1. The summed E-state index contributed by atoms with van der Waals surface area (Å²) in [6.07, 6.45) is 3.71. The lowest BCUT2D eigenvalue weighted by Gasteiger charge is -2.44. The van der Waals surface area contributed by atoms with Gasteiger partial charge in [0.15, 0.2) is 5.72 Å². The summed E-state index contributed by atoms with van der Waals surface area (Å²) in [5, 5.41) is 7.61. The Labute approximate surface area is 147 Å². The van der Waals surface area contributed by atoms with Gasteiger partial charge in [-0.1, -0.05) is 12.1 Å². The van der Waals surface area contributed by atoms with Crippen molar-refractivity contribution < 1.29 is 9.53 Å². The van der Waals surface area contributed by atoms with Crippen LogP contribution in [0.1, 0.15) is 41.4 Å². The van der Waals surface area contributed by atoms with Gasteiger partial charge in [-0.15, -0.1) is 0 Å². The van der Waals surface area contributed by atoms with E-state index in [2.05, 4.69) is 35.4 Å². The molecule has 1 saturated heterocycles. The first kappa shape index (κ1) is 16.1. The second-order valence-electron chi connectivity index (χ2n) is 6.92. The number of benzene rings is 1. The number of carbonyl (C=O) groups is 1. The molecule has 0 bridgehead atoms. The van der Waals surface area contributed by atoms with Gasteiger partial charge in [0.05, 0.1) is 11.3 Å². The number of nitrogens with one attached hydrogen (secondary N) is 1. The van der Waals surface area contributed by atoms with Crippen LogP contribution in [-0.4, -0.2) is 39.4 Å². The Hall–Kier alpha value is -2.34. The summed E-state index contributed by atoms with van der Waals surface area (Å²) in [6, 6.07) is 7.46. The van der Waals surface area contributed by atoms with Crippen LogP contribution < -0.4 is 10.1 Å². The zero-order valence-electron chi connectivity index (χ0n) is 14.8. The molecule has 0 atom stereocenters. The number of ether oxygens (including phenoxy) is 1. The van der Waals surface area contributed by atoms with Crippen LogP contribution in [0.3, 0.4) is 0 Å². The lowest BCUT2D eigenvalue weighted by molar-refractivity contribution is -0.0304. The minimum Gasteiger partial charge on any atom is -0.467 e. The number of aryl methyl sites for hydroxylation is 2. The van der Waals surface area contributed by atoms with Gasteiger partial charge in [-0.2, -0.15) is 5.10 Å². The molecule has 6 nitrogen and oxygen atoms in total. The van der Waals surface area contributed by atoms with E-state index in [1.165, 1.54) is 5.56 Å². The van der Waals surface area contributed by atoms with Crippen LogP contribution in [0.25, 0.3) is 0 Å². The van der Waals surface area contributed by atoms with Gasteiger partial charge in [0, 0.05) is 50.8 Å². The van der Waals surface area contributed by atoms with Crippen molar-refractivity contribution in [3.05, 3.63) is 47.3 Å². The Balaban J connectivity index is 1.43. The van der Waals surface area contributed by atoms with E-state index < -0.39 is 5.72 Å². The molecule has 2 aromatic rings. The Morgan fingerprint density at radius 2 is 2.04 bits per heavy atom. The molecule has 1 aromatic heterocycles. The number of amides is 1. The summed E-state index contributed by atoms with van der Waals surface area (Å²) in [4.78, 5) is 14.8. The largest absolute Gasteiger partial charge is 0.467 e. The molecule has 25 heavy (non-hydrogen) atoms. The highest BCUT2D eigenvalue weighted by atomic mass is 16.5. The molecule has 1 fully saturated rings. The monoisotopic (exact) mass is 340 g/mol. The normalized spacial score (nSPS) is 19.4. The van der Waals surface area contributed by atoms with E-state index in [1.807, 2.05) is 22.9 Å².